The summed E-state index contributed by atoms with van der Waals surface area (Å²) in [5.41, 5.74) is 7.06. The number of amides is 1. The quantitative estimate of drug-likeness (QED) is 0.762. The summed E-state index contributed by atoms with van der Waals surface area (Å²) in [5, 5.41) is 3.36. The van der Waals surface area contributed by atoms with Crippen molar-refractivity contribution < 1.29 is 14.3 Å². The number of rotatable bonds is 3. The van der Waals surface area contributed by atoms with Crippen molar-refractivity contribution in [2.24, 2.45) is 5.92 Å². The van der Waals surface area contributed by atoms with Crippen LogP contribution >= 0.6 is 15.9 Å². The lowest BCUT2D eigenvalue weighted by Gasteiger charge is -2.28. The number of nitrogens with two attached hydrogens (primary N) is 1. The van der Waals surface area contributed by atoms with Crippen LogP contribution in [0, 0.1) is 5.92 Å². The van der Waals surface area contributed by atoms with Gasteiger partial charge in [0.25, 0.3) is 0 Å². The van der Waals surface area contributed by atoms with Crippen LogP contribution in [-0.4, -0.2) is 49.4 Å². The maximum absolute atomic E-state index is 12.3. The summed E-state index contributed by atoms with van der Waals surface area (Å²) in [6.45, 7) is 8.51. The Bertz CT molecular complexity index is 554. The fraction of sp³-hybridized carbons (Fsp3) is 0.588. The van der Waals surface area contributed by atoms with Gasteiger partial charge in [0, 0.05) is 30.0 Å². The van der Waals surface area contributed by atoms with E-state index in [9.17, 15) is 4.79 Å². The van der Waals surface area contributed by atoms with E-state index in [1.807, 2.05) is 39.0 Å². The summed E-state index contributed by atoms with van der Waals surface area (Å²) in [6.07, 6.45) is -0.293. The molecule has 1 saturated heterocycles. The Balaban J connectivity index is 1.96. The number of ether oxygens (including phenoxy) is 2. The SMILES string of the molecule is CC(C)(C)OC(=O)N1CCOCC(CNc2c(N)cccc2Br)C1. The van der Waals surface area contributed by atoms with Crippen LogP contribution in [0.25, 0.3) is 0 Å². The van der Waals surface area contributed by atoms with E-state index in [1.165, 1.54) is 0 Å². The average molecular weight is 400 g/mol. The molecule has 1 aromatic rings. The zero-order valence-corrected chi connectivity index (χ0v) is 16.1. The molecule has 134 valence electrons. The zero-order valence-electron chi connectivity index (χ0n) is 14.5. The molecule has 1 unspecified atom stereocenters. The Morgan fingerprint density at radius 1 is 1.50 bits per heavy atom. The monoisotopic (exact) mass is 399 g/mol. The minimum Gasteiger partial charge on any atom is -0.444 e. The van der Waals surface area contributed by atoms with Crippen molar-refractivity contribution in [2.45, 2.75) is 26.4 Å². The van der Waals surface area contributed by atoms with Gasteiger partial charge in [-0.05, 0) is 48.8 Å². The molecule has 0 aliphatic carbocycles. The fourth-order valence-electron chi connectivity index (χ4n) is 2.47. The first kappa shape index (κ1) is 18.9. The molecule has 0 saturated carbocycles. The number of halogens is 1. The molecule has 1 amide bonds. The molecule has 1 aliphatic rings. The highest BCUT2D eigenvalue weighted by atomic mass is 79.9. The van der Waals surface area contributed by atoms with Gasteiger partial charge in [0.1, 0.15) is 5.60 Å². The van der Waals surface area contributed by atoms with Crippen molar-refractivity contribution in [1.82, 2.24) is 4.90 Å². The minimum atomic E-state index is -0.499. The number of carbonyl (C=O) groups excluding carboxylic acids is 1. The smallest absolute Gasteiger partial charge is 0.410 e. The summed E-state index contributed by atoms with van der Waals surface area (Å²) >= 11 is 3.50. The summed E-state index contributed by atoms with van der Waals surface area (Å²) in [5.74, 6) is 0.159. The average Bonchev–Trinajstić information content (AvgIpc) is 2.71. The molecular weight excluding hydrogens is 374 g/mol. The number of nitrogens with one attached hydrogen (secondary N) is 1. The van der Waals surface area contributed by atoms with Crippen LogP contribution in [0.2, 0.25) is 0 Å². The lowest BCUT2D eigenvalue weighted by atomic mass is 10.1. The Labute approximate surface area is 151 Å². The predicted octanol–water partition coefficient (Wildman–Crippen LogP) is 3.33. The number of carbonyl (C=O) groups is 1. The highest BCUT2D eigenvalue weighted by molar-refractivity contribution is 9.10. The molecule has 1 atom stereocenters. The first-order valence-electron chi connectivity index (χ1n) is 8.10. The van der Waals surface area contributed by atoms with E-state index in [0.717, 1.165) is 10.2 Å². The fourth-order valence-corrected chi connectivity index (χ4v) is 2.99. The third kappa shape index (κ3) is 5.56. The minimum absolute atomic E-state index is 0.159. The number of para-hydroxylation sites is 1. The molecule has 2 rings (SSSR count). The molecule has 3 N–H and O–H groups in total. The van der Waals surface area contributed by atoms with Crippen molar-refractivity contribution in [3.8, 4) is 0 Å². The number of hydrogen-bond donors (Lipinski definition) is 2. The van der Waals surface area contributed by atoms with Crippen LogP contribution in [0.3, 0.4) is 0 Å². The van der Waals surface area contributed by atoms with Crippen LogP contribution in [0.1, 0.15) is 20.8 Å². The number of benzene rings is 1. The second kappa shape index (κ2) is 8.07. The van der Waals surface area contributed by atoms with Gasteiger partial charge >= 0.3 is 6.09 Å². The predicted molar refractivity (Wildman–Crippen MR) is 99.2 cm³/mol. The molecule has 7 heteroatoms. The molecule has 1 heterocycles. The van der Waals surface area contributed by atoms with Gasteiger partial charge in [-0.1, -0.05) is 6.07 Å². The molecule has 0 radical (unpaired) electrons. The van der Waals surface area contributed by atoms with E-state index >= 15 is 0 Å². The molecule has 1 fully saturated rings. The van der Waals surface area contributed by atoms with Gasteiger partial charge in [-0.25, -0.2) is 4.79 Å². The highest BCUT2D eigenvalue weighted by Gasteiger charge is 2.26. The molecule has 1 aromatic carbocycles. The maximum Gasteiger partial charge on any atom is 0.410 e. The number of anilines is 2. The van der Waals surface area contributed by atoms with Gasteiger partial charge in [0.15, 0.2) is 0 Å². The molecule has 1 aliphatic heterocycles. The molecule has 0 bridgehead atoms. The van der Waals surface area contributed by atoms with Gasteiger partial charge in [0.05, 0.1) is 24.6 Å². The highest BCUT2D eigenvalue weighted by Crippen LogP contribution is 2.28. The van der Waals surface area contributed by atoms with E-state index in [4.69, 9.17) is 15.2 Å². The second-order valence-electron chi connectivity index (χ2n) is 6.95. The summed E-state index contributed by atoms with van der Waals surface area (Å²) < 4.78 is 12.0. The van der Waals surface area contributed by atoms with E-state index in [2.05, 4.69) is 21.2 Å². The van der Waals surface area contributed by atoms with E-state index in [1.54, 1.807) is 4.90 Å². The number of nitrogens with zero attached hydrogens (tertiary/aromatic N) is 1. The van der Waals surface area contributed by atoms with E-state index < -0.39 is 5.60 Å². The number of nitrogen functional groups attached to an aromatic ring is 1. The molecule has 24 heavy (non-hydrogen) atoms. The molecule has 0 aromatic heterocycles. The van der Waals surface area contributed by atoms with Crippen molar-refractivity contribution in [3.05, 3.63) is 22.7 Å². The van der Waals surface area contributed by atoms with Crippen LogP contribution in [0.4, 0.5) is 16.2 Å². The summed E-state index contributed by atoms with van der Waals surface area (Å²) in [4.78, 5) is 14.0. The van der Waals surface area contributed by atoms with Crippen LogP contribution in [-0.2, 0) is 9.47 Å². The van der Waals surface area contributed by atoms with Crippen molar-refractivity contribution >= 4 is 33.4 Å². The number of hydrogen-bond acceptors (Lipinski definition) is 5. The van der Waals surface area contributed by atoms with E-state index in [-0.39, 0.29) is 12.0 Å². The van der Waals surface area contributed by atoms with Crippen LogP contribution in [0.15, 0.2) is 22.7 Å². The second-order valence-corrected chi connectivity index (χ2v) is 7.81. The topological polar surface area (TPSA) is 76.8 Å². The van der Waals surface area contributed by atoms with Gasteiger partial charge in [0.2, 0.25) is 0 Å². The first-order chi connectivity index (χ1) is 11.3. The summed E-state index contributed by atoms with van der Waals surface area (Å²) in [7, 11) is 0. The van der Waals surface area contributed by atoms with Gasteiger partial charge < -0.3 is 25.4 Å². The van der Waals surface area contributed by atoms with Crippen LogP contribution < -0.4 is 11.1 Å². The normalized spacial score (nSPS) is 18.8. The Morgan fingerprint density at radius 3 is 2.92 bits per heavy atom. The standard InChI is InChI=1S/C17H26BrN3O3/c1-17(2,3)24-16(22)21-7-8-23-11-12(10-21)9-20-15-13(18)5-4-6-14(15)19/h4-6,12,20H,7-11,19H2,1-3H3. The van der Waals surface area contributed by atoms with Crippen LogP contribution in [0.5, 0.6) is 0 Å². The van der Waals surface area contributed by atoms with Gasteiger partial charge in [-0.2, -0.15) is 0 Å². The Kier molecular flexibility index (Phi) is 6.34. The van der Waals surface area contributed by atoms with Crippen molar-refractivity contribution in [3.63, 3.8) is 0 Å². The molecular formula is C17H26BrN3O3. The van der Waals surface area contributed by atoms with Gasteiger partial charge in [-0.3, -0.25) is 0 Å². The van der Waals surface area contributed by atoms with E-state index in [0.29, 0.717) is 38.5 Å². The third-order valence-corrected chi connectivity index (χ3v) is 4.26. The van der Waals surface area contributed by atoms with Crippen molar-refractivity contribution in [2.75, 3.05) is 43.9 Å². The lowest BCUT2D eigenvalue weighted by Crippen LogP contribution is -2.41. The first-order valence-corrected chi connectivity index (χ1v) is 8.89. The van der Waals surface area contributed by atoms with Crippen molar-refractivity contribution in [1.29, 1.82) is 0 Å². The molecule has 0 spiro atoms. The maximum atomic E-state index is 12.3. The zero-order chi connectivity index (χ0) is 17.7. The Hall–Kier alpha value is -1.47. The largest absolute Gasteiger partial charge is 0.444 e. The lowest BCUT2D eigenvalue weighted by molar-refractivity contribution is 0.0235. The molecule has 6 nitrogen and oxygen atoms in total. The summed E-state index contributed by atoms with van der Waals surface area (Å²) in [6, 6.07) is 5.68. The Morgan fingerprint density at radius 2 is 2.25 bits per heavy atom. The van der Waals surface area contributed by atoms with Gasteiger partial charge in [-0.15, -0.1) is 0 Å². The third-order valence-electron chi connectivity index (χ3n) is 3.60.